The molecule has 0 aromatic carbocycles. The molecule has 2 amide bonds. The Morgan fingerprint density at radius 1 is 1.26 bits per heavy atom. The topological polar surface area (TPSA) is 77.1 Å². The Morgan fingerprint density at radius 2 is 1.91 bits per heavy atom. The van der Waals surface area contributed by atoms with Gasteiger partial charge in [-0.15, -0.1) is 0 Å². The van der Waals surface area contributed by atoms with Crippen LogP contribution in [0.2, 0.25) is 0 Å². The molecule has 7 nitrogen and oxygen atoms in total. The van der Waals surface area contributed by atoms with E-state index in [0.29, 0.717) is 32.4 Å². The minimum atomic E-state index is -0.782. The Kier molecular flexibility index (Phi) is 7.28. The first-order chi connectivity index (χ1) is 10.7. The second-order valence-electron chi connectivity index (χ2n) is 6.85. The average Bonchev–Trinajstić information content (AvgIpc) is 2.39. The molecule has 0 spiro atoms. The van der Waals surface area contributed by atoms with Crippen molar-refractivity contribution in [1.82, 2.24) is 10.2 Å². The molecule has 0 radical (unpaired) electrons. The van der Waals surface area contributed by atoms with Gasteiger partial charge in [-0.25, -0.2) is 4.79 Å². The highest BCUT2D eigenvalue weighted by molar-refractivity contribution is 5.90. The van der Waals surface area contributed by atoms with Crippen LogP contribution >= 0.6 is 0 Å². The fourth-order valence-corrected chi connectivity index (χ4v) is 2.41. The molecule has 134 valence electrons. The van der Waals surface area contributed by atoms with Crippen molar-refractivity contribution in [3.8, 4) is 0 Å². The van der Waals surface area contributed by atoms with Crippen molar-refractivity contribution in [2.75, 3.05) is 34.1 Å². The van der Waals surface area contributed by atoms with Crippen LogP contribution in [0.3, 0.4) is 0 Å². The molecular weight excluding hydrogens is 300 g/mol. The zero-order valence-electron chi connectivity index (χ0n) is 14.9. The summed E-state index contributed by atoms with van der Waals surface area (Å²) in [6.07, 6.45) is 2.48. The number of methoxy groups -OCH3 is 1. The van der Waals surface area contributed by atoms with Crippen LogP contribution in [0.4, 0.5) is 4.79 Å². The van der Waals surface area contributed by atoms with Gasteiger partial charge in [-0.2, -0.15) is 0 Å². The van der Waals surface area contributed by atoms with E-state index >= 15 is 0 Å². The number of amides is 2. The molecule has 1 aliphatic rings. The average molecular weight is 330 g/mol. The van der Waals surface area contributed by atoms with Crippen molar-refractivity contribution in [1.29, 1.82) is 0 Å². The van der Waals surface area contributed by atoms with Crippen LogP contribution in [0.5, 0.6) is 0 Å². The zero-order chi connectivity index (χ0) is 17.5. The maximum atomic E-state index is 12.5. The van der Waals surface area contributed by atoms with Crippen LogP contribution in [0.15, 0.2) is 0 Å². The first kappa shape index (κ1) is 19.7. The molecule has 0 saturated heterocycles. The van der Waals surface area contributed by atoms with Gasteiger partial charge in [0, 0.05) is 20.7 Å². The first-order valence-electron chi connectivity index (χ1n) is 8.05. The smallest absolute Gasteiger partial charge is 0.410 e. The van der Waals surface area contributed by atoms with E-state index in [1.54, 1.807) is 14.2 Å². The third-order valence-electron chi connectivity index (χ3n) is 3.86. The number of rotatable bonds is 8. The first-order valence-corrected chi connectivity index (χ1v) is 8.05. The quantitative estimate of drug-likeness (QED) is 0.543. The van der Waals surface area contributed by atoms with Gasteiger partial charge < -0.3 is 19.5 Å². The summed E-state index contributed by atoms with van der Waals surface area (Å²) < 4.78 is 15.3. The molecule has 0 atom stereocenters. The molecule has 1 N–H and O–H groups in total. The third-order valence-corrected chi connectivity index (χ3v) is 3.86. The summed E-state index contributed by atoms with van der Waals surface area (Å²) in [5.74, 6) is -0.121. The van der Waals surface area contributed by atoms with E-state index in [0.717, 1.165) is 6.42 Å². The fraction of sp³-hybridized carbons (Fsp3) is 0.875. The van der Waals surface area contributed by atoms with Crippen molar-refractivity contribution < 1.29 is 23.8 Å². The lowest BCUT2D eigenvalue weighted by atomic mass is 9.75. The Bertz CT molecular complexity index is 402. The summed E-state index contributed by atoms with van der Waals surface area (Å²) in [7, 11) is 3.20. The summed E-state index contributed by atoms with van der Waals surface area (Å²) in [5, 5.41) is 2.89. The molecule has 7 heteroatoms. The maximum Gasteiger partial charge on any atom is 0.410 e. The number of hydrogen-bond donors (Lipinski definition) is 1. The largest absolute Gasteiger partial charge is 0.444 e. The Labute approximate surface area is 138 Å². The minimum Gasteiger partial charge on any atom is -0.444 e. The fourth-order valence-electron chi connectivity index (χ4n) is 2.41. The van der Waals surface area contributed by atoms with E-state index in [2.05, 4.69) is 5.32 Å². The standard InChI is InChI=1S/C16H30N2O5/c1-15(2,3)23-14(20)18(4)16(8-6-9-16)13(19)17-10-7-11-22-12-21-5/h6-12H2,1-5H3,(H,17,19). The summed E-state index contributed by atoms with van der Waals surface area (Å²) in [6.45, 7) is 6.71. The molecule has 0 bridgehead atoms. The Balaban J connectivity index is 2.49. The summed E-state index contributed by atoms with van der Waals surface area (Å²) in [5.41, 5.74) is -1.36. The molecule has 1 aliphatic carbocycles. The van der Waals surface area contributed by atoms with Crippen molar-refractivity contribution in [2.24, 2.45) is 0 Å². The van der Waals surface area contributed by atoms with E-state index in [1.165, 1.54) is 4.90 Å². The van der Waals surface area contributed by atoms with Crippen molar-refractivity contribution in [3.05, 3.63) is 0 Å². The SMILES string of the molecule is COCOCCCNC(=O)C1(N(C)C(=O)OC(C)(C)C)CCC1. The predicted molar refractivity (Wildman–Crippen MR) is 86.0 cm³/mol. The van der Waals surface area contributed by atoms with Crippen LogP contribution in [0.1, 0.15) is 46.5 Å². The van der Waals surface area contributed by atoms with E-state index in [9.17, 15) is 9.59 Å². The molecule has 0 aromatic rings. The molecule has 0 heterocycles. The molecule has 0 aliphatic heterocycles. The predicted octanol–water partition coefficient (Wildman–Crippen LogP) is 1.90. The Morgan fingerprint density at radius 3 is 2.39 bits per heavy atom. The highest BCUT2D eigenvalue weighted by Crippen LogP contribution is 2.38. The van der Waals surface area contributed by atoms with Crippen LogP contribution in [-0.2, 0) is 19.0 Å². The van der Waals surface area contributed by atoms with E-state index in [-0.39, 0.29) is 12.7 Å². The number of hydrogen-bond acceptors (Lipinski definition) is 5. The summed E-state index contributed by atoms with van der Waals surface area (Å²) in [4.78, 5) is 26.2. The number of carbonyl (C=O) groups excluding carboxylic acids is 2. The number of nitrogens with zero attached hydrogens (tertiary/aromatic N) is 1. The summed E-state index contributed by atoms with van der Waals surface area (Å²) in [6, 6.07) is 0. The zero-order valence-corrected chi connectivity index (χ0v) is 14.9. The lowest BCUT2D eigenvalue weighted by molar-refractivity contribution is -0.138. The van der Waals surface area contributed by atoms with Gasteiger partial charge in [-0.3, -0.25) is 9.69 Å². The highest BCUT2D eigenvalue weighted by atomic mass is 16.7. The maximum absolute atomic E-state index is 12.5. The highest BCUT2D eigenvalue weighted by Gasteiger charge is 2.50. The van der Waals surface area contributed by atoms with Gasteiger partial charge in [0.05, 0.1) is 6.61 Å². The number of nitrogens with one attached hydrogen (secondary N) is 1. The molecule has 1 rings (SSSR count). The second kappa shape index (κ2) is 8.49. The molecular formula is C16H30N2O5. The normalized spacial score (nSPS) is 16.4. The van der Waals surface area contributed by atoms with Gasteiger partial charge in [0.25, 0.3) is 0 Å². The van der Waals surface area contributed by atoms with Gasteiger partial charge in [0.1, 0.15) is 17.9 Å². The van der Waals surface area contributed by atoms with Crippen LogP contribution < -0.4 is 5.32 Å². The van der Waals surface area contributed by atoms with Crippen molar-refractivity contribution >= 4 is 12.0 Å². The lowest BCUT2D eigenvalue weighted by Gasteiger charge is -2.46. The van der Waals surface area contributed by atoms with E-state index in [1.807, 2.05) is 20.8 Å². The Hall–Kier alpha value is -1.34. The monoisotopic (exact) mass is 330 g/mol. The summed E-state index contributed by atoms with van der Waals surface area (Å²) >= 11 is 0. The molecule has 1 saturated carbocycles. The van der Waals surface area contributed by atoms with E-state index in [4.69, 9.17) is 14.2 Å². The lowest BCUT2D eigenvalue weighted by Crippen LogP contribution is -2.63. The van der Waals surface area contributed by atoms with Gasteiger partial charge in [0.2, 0.25) is 5.91 Å². The van der Waals surface area contributed by atoms with Gasteiger partial charge in [0.15, 0.2) is 0 Å². The van der Waals surface area contributed by atoms with Crippen LogP contribution in [-0.4, -0.2) is 62.1 Å². The molecule has 0 unspecified atom stereocenters. The molecule has 23 heavy (non-hydrogen) atoms. The van der Waals surface area contributed by atoms with Gasteiger partial charge in [-0.1, -0.05) is 0 Å². The number of carbonyl (C=O) groups is 2. The van der Waals surface area contributed by atoms with Gasteiger partial charge in [-0.05, 0) is 46.5 Å². The molecule has 1 fully saturated rings. The van der Waals surface area contributed by atoms with Gasteiger partial charge >= 0.3 is 6.09 Å². The van der Waals surface area contributed by atoms with Crippen LogP contribution in [0.25, 0.3) is 0 Å². The third kappa shape index (κ3) is 5.66. The van der Waals surface area contributed by atoms with Crippen molar-refractivity contribution in [3.63, 3.8) is 0 Å². The second-order valence-corrected chi connectivity index (χ2v) is 6.85. The van der Waals surface area contributed by atoms with Crippen LogP contribution in [0, 0.1) is 0 Å². The van der Waals surface area contributed by atoms with Crippen molar-refractivity contribution in [2.45, 2.75) is 57.6 Å². The minimum absolute atomic E-state index is 0.121. The molecule has 0 aromatic heterocycles. The number of likely N-dealkylation sites (N-methyl/N-ethyl adjacent to an activating group) is 1. The van der Waals surface area contributed by atoms with E-state index < -0.39 is 17.2 Å². The number of ether oxygens (including phenoxy) is 3.